The first kappa shape index (κ1) is 16.9. The summed E-state index contributed by atoms with van der Waals surface area (Å²) in [4.78, 5) is 4.65. The molecular weight excluding hydrogens is 328 g/mol. The number of anilines is 1. The van der Waals surface area contributed by atoms with Gasteiger partial charge in [0.05, 0.1) is 33.1 Å². The molecule has 3 rings (SSSR count). The van der Waals surface area contributed by atoms with Gasteiger partial charge in [0.15, 0.2) is 16.6 Å². The van der Waals surface area contributed by atoms with Gasteiger partial charge in [-0.15, -0.1) is 11.3 Å². The van der Waals surface area contributed by atoms with Gasteiger partial charge in [-0.2, -0.15) is 0 Å². The minimum absolute atomic E-state index is 0.290. The first-order chi connectivity index (χ1) is 11.7. The van der Waals surface area contributed by atoms with E-state index < -0.39 is 0 Å². The number of rotatable bonds is 7. The normalized spacial score (nSPS) is 16.9. The zero-order valence-electron chi connectivity index (χ0n) is 14.1. The number of thiazole rings is 1. The van der Waals surface area contributed by atoms with Crippen molar-refractivity contribution in [1.82, 2.24) is 4.98 Å². The zero-order valence-corrected chi connectivity index (χ0v) is 14.9. The minimum Gasteiger partial charge on any atom is -0.493 e. The molecule has 1 aromatic carbocycles. The van der Waals surface area contributed by atoms with Crippen LogP contribution in [-0.4, -0.2) is 45.6 Å². The third-order valence-electron chi connectivity index (χ3n) is 3.97. The van der Waals surface area contributed by atoms with Crippen LogP contribution in [0.5, 0.6) is 17.2 Å². The monoisotopic (exact) mass is 350 g/mol. The van der Waals surface area contributed by atoms with Crippen LogP contribution in [0.2, 0.25) is 0 Å². The van der Waals surface area contributed by atoms with Crippen molar-refractivity contribution in [3.8, 4) is 28.5 Å². The molecule has 1 unspecified atom stereocenters. The number of methoxy groups -OCH3 is 3. The van der Waals surface area contributed by atoms with Gasteiger partial charge < -0.3 is 24.3 Å². The Balaban J connectivity index is 1.78. The lowest BCUT2D eigenvalue weighted by atomic mass is 10.1. The van der Waals surface area contributed by atoms with Gasteiger partial charge in [0, 0.05) is 24.1 Å². The highest BCUT2D eigenvalue weighted by molar-refractivity contribution is 7.14. The quantitative estimate of drug-likeness (QED) is 0.825. The molecule has 0 radical (unpaired) electrons. The highest BCUT2D eigenvalue weighted by atomic mass is 32.1. The van der Waals surface area contributed by atoms with Gasteiger partial charge in [0.1, 0.15) is 0 Å². The Bertz CT molecular complexity index is 658. The van der Waals surface area contributed by atoms with Gasteiger partial charge >= 0.3 is 0 Å². The standard InChI is InChI=1S/C17H22N2O4S/c1-20-14-7-11(8-15(21-2)16(14)22-3)13-10-24-17(19-13)18-9-12-5-4-6-23-12/h7-8,10,12H,4-6,9H2,1-3H3,(H,18,19). The summed E-state index contributed by atoms with van der Waals surface area (Å²) < 4.78 is 21.8. The van der Waals surface area contributed by atoms with Gasteiger partial charge in [0.2, 0.25) is 5.75 Å². The number of hydrogen-bond donors (Lipinski definition) is 1. The third kappa shape index (κ3) is 3.57. The molecule has 0 saturated carbocycles. The number of hydrogen-bond acceptors (Lipinski definition) is 7. The van der Waals surface area contributed by atoms with Crippen LogP contribution in [0.1, 0.15) is 12.8 Å². The summed E-state index contributed by atoms with van der Waals surface area (Å²) in [5, 5.41) is 6.25. The van der Waals surface area contributed by atoms with E-state index in [1.807, 2.05) is 17.5 Å². The largest absolute Gasteiger partial charge is 0.493 e. The molecule has 1 aliphatic rings. The van der Waals surface area contributed by atoms with E-state index in [4.69, 9.17) is 18.9 Å². The van der Waals surface area contributed by atoms with Crippen LogP contribution in [0, 0.1) is 0 Å². The van der Waals surface area contributed by atoms with Crippen LogP contribution in [0.25, 0.3) is 11.3 Å². The highest BCUT2D eigenvalue weighted by Gasteiger charge is 2.17. The molecule has 24 heavy (non-hydrogen) atoms. The maximum atomic E-state index is 5.62. The van der Waals surface area contributed by atoms with E-state index in [0.717, 1.165) is 42.4 Å². The second-order valence-corrected chi connectivity index (χ2v) is 6.33. The summed E-state index contributed by atoms with van der Waals surface area (Å²) in [6.07, 6.45) is 2.54. The minimum atomic E-state index is 0.290. The number of ether oxygens (including phenoxy) is 4. The van der Waals surface area contributed by atoms with E-state index in [-0.39, 0.29) is 0 Å². The number of nitrogens with zero attached hydrogens (tertiary/aromatic N) is 1. The predicted octanol–water partition coefficient (Wildman–Crippen LogP) is 3.43. The molecule has 7 heteroatoms. The lowest BCUT2D eigenvalue weighted by Crippen LogP contribution is -2.18. The Morgan fingerprint density at radius 2 is 1.96 bits per heavy atom. The van der Waals surface area contributed by atoms with E-state index >= 15 is 0 Å². The fraction of sp³-hybridized carbons (Fsp3) is 0.471. The Kier molecular flexibility index (Phi) is 5.42. The predicted molar refractivity (Wildman–Crippen MR) is 94.7 cm³/mol. The lowest BCUT2D eigenvalue weighted by molar-refractivity contribution is 0.120. The smallest absolute Gasteiger partial charge is 0.203 e. The molecule has 1 fully saturated rings. The van der Waals surface area contributed by atoms with Gasteiger partial charge in [-0.3, -0.25) is 0 Å². The number of aromatic nitrogens is 1. The van der Waals surface area contributed by atoms with Gasteiger partial charge in [-0.25, -0.2) is 4.98 Å². The molecule has 2 heterocycles. The third-order valence-corrected chi connectivity index (χ3v) is 4.77. The summed E-state index contributed by atoms with van der Waals surface area (Å²) in [6.45, 7) is 1.66. The molecule has 0 spiro atoms. The van der Waals surface area contributed by atoms with Crippen molar-refractivity contribution in [2.75, 3.05) is 39.8 Å². The van der Waals surface area contributed by atoms with Crippen molar-refractivity contribution < 1.29 is 18.9 Å². The molecule has 1 aliphatic heterocycles. The molecule has 0 aliphatic carbocycles. The van der Waals surface area contributed by atoms with Crippen molar-refractivity contribution in [3.05, 3.63) is 17.5 Å². The molecule has 1 atom stereocenters. The Hall–Kier alpha value is -1.99. The fourth-order valence-electron chi connectivity index (χ4n) is 2.72. The Morgan fingerprint density at radius 3 is 2.54 bits per heavy atom. The van der Waals surface area contributed by atoms with E-state index in [1.54, 1.807) is 32.7 Å². The van der Waals surface area contributed by atoms with E-state index in [1.165, 1.54) is 0 Å². The number of nitrogens with one attached hydrogen (secondary N) is 1. The average molecular weight is 350 g/mol. The molecule has 0 amide bonds. The molecule has 1 N–H and O–H groups in total. The first-order valence-electron chi connectivity index (χ1n) is 7.86. The second kappa shape index (κ2) is 7.72. The van der Waals surface area contributed by atoms with Crippen molar-refractivity contribution in [1.29, 1.82) is 0 Å². The van der Waals surface area contributed by atoms with Gasteiger partial charge in [-0.1, -0.05) is 0 Å². The average Bonchev–Trinajstić information content (AvgIpc) is 3.30. The molecular formula is C17H22N2O4S. The number of benzene rings is 1. The summed E-state index contributed by atoms with van der Waals surface area (Å²) in [5.41, 5.74) is 1.79. The Morgan fingerprint density at radius 1 is 1.21 bits per heavy atom. The summed E-state index contributed by atoms with van der Waals surface area (Å²) >= 11 is 1.57. The van der Waals surface area contributed by atoms with Crippen molar-refractivity contribution >= 4 is 16.5 Å². The van der Waals surface area contributed by atoms with Crippen LogP contribution >= 0.6 is 11.3 Å². The lowest BCUT2D eigenvalue weighted by Gasteiger charge is -2.13. The van der Waals surface area contributed by atoms with Crippen molar-refractivity contribution in [3.63, 3.8) is 0 Å². The molecule has 130 valence electrons. The molecule has 1 saturated heterocycles. The van der Waals surface area contributed by atoms with Crippen LogP contribution < -0.4 is 19.5 Å². The van der Waals surface area contributed by atoms with Crippen molar-refractivity contribution in [2.24, 2.45) is 0 Å². The van der Waals surface area contributed by atoms with Gasteiger partial charge in [0.25, 0.3) is 0 Å². The molecule has 2 aromatic rings. The maximum Gasteiger partial charge on any atom is 0.203 e. The molecule has 1 aromatic heterocycles. The maximum absolute atomic E-state index is 5.62. The topological polar surface area (TPSA) is 61.8 Å². The van der Waals surface area contributed by atoms with Gasteiger partial charge in [-0.05, 0) is 25.0 Å². The second-order valence-electron chi connectivity index (χ2n) is 5.47. The molecule has 6 nitrogen and oxygen atoms in total. The summed E-state index contributed by atoms with van der Waals surface area (Å²) in [5.74, 6) is 1.82. The van der Waals surface area contributed by atoms with Crippen LogP contribution in [0.4, 0.5) is 5.13 Å². The van der Waals surface area contributed by atoms with E-state index in [2.05, 4.69) is 10.3 Å². The Labute approximate surface area is 145 Å². The molecule has 0 bridgehead atoms. The van der Waals surface area contributed by atoms with Crippen LogP contribution in [0.15, 0.2) is 17.5 Å². The van der Waals surface area contributed by atoms with Crippen LogP contribution in [0.3, 0.4) is 0 Å². The summed E-state index contributed by atoms with van der Waals surface area (Å²) in [7, 11) is 4.81. The van der Waals surface area contributed by atoms with Crippen LogP contribution in [-0.2, 0) is 4.74 Å². The van der Waals surface area contributed by atoms with E-state index in [0.29, 0.717) is 23.4 Å². The van der Waals surface area contributed by atoms with E-state index in [9.17, 15) is 0 Å². The zero-order chi connectivity index (χ0) is 16.9. The van der Waals surface area contributed by atoms with Crippen molar-refractivity contribution in [2.45, 2.75) is 18.9 Å². The fourth-order valence-corrected chi connectivity index (χ4v) is 3.45. The highest BCUT2D eigenvalue weighted by Crippen LogP contribution is 2.41. The SMILES string of the molecule is COc1cc(-c2csc(NCC3CCCO3)n2)cc(OC)c1OC. The first-order valence-corrected chi connectivity index (χ1v) is 8.74. The summed E-state index contributed by atoms with van der Waals surface area (Å²) in [6, 6.07) is 3.81.